The quantitative estimate of drug-likeness (QED) is 0.802. The first-order valence-electron chi connectivity index (χ1n) is 9.40. The van der Waals surface area contributed by atoms with Crippen LogP contribution in [0.2, 0.25) is 0 Å². The number of hydrogen-bond donors (Lipinski definition) is 0. The molecule has 6 nitrogen and oxygen atoms in total. The Hall–Kier alpha value is -3.41. The molecule has 3 aliphatic rings. The Balaban J connectivity index is 1.48. The van der Waals surface area contributed by atoms with Crippen molar-refractivity contribution in [1.82, 2.24) is 9.47 Å². The van der Waals surface area contributed by atoms with Gasteiger partial charge in [-0.1, -0.05) is 18.2 Å². The average molecular weight is 376 g/mol. The number of hydrogen-bond acceptors (Lipinski definition) is 4. The van der Waals surface area contributed by atoms with Gasteiger partial charge in [-0.15, -0.1) is 0 Å². The van der Waals surface area contributed by atoms with Crippen LogP contribution in [0.4, 0.5) is 0 Å². The number of aromatic nitrogens is 1. The van der Waals surface area contributed by atoms with E-state index in [0.717, 1.165) is 30.7 Å². The van der Waals surface area contributed by atoms with E-state index in [-0.39, 0.29) is 11.9 Å². The molecular weight excluding hydrogens is 356 g/mol. The first-order chi connectivity index (χ1) is 13.8. The van der Waals surface area contributed by atoms with Crippen molar-refractivity contribution >= 4 is 5.91 Å². The largest absolute Gasteiger partial charge is 0.465 e. The van der Waals surface area contributed by atoms with Crippen LogP contribution >= 0.6 is 0 Å². The summed E-state index contributed by atoms with van der Waals surface area (Å²) in [6.07, 6.45) is 14.8. The fourth-order valence-electron chi connectivity index (χ4n) is 3.85. The van der Waals surface area contributed by atoms with Gasteiger partial charge in [0.05, 0.1) is 6.26 Å². The lowest BCUT2D eigenvalue weighted by Crippen LogP contribution is -2.43. The van der Waals surface area contributed by atoms with E-state index in [9.17, 15) is 4.79 Å². The molecule has 0 fully saturated rings. The van der Waals surface area contributed by atoms with Crippen LogP contribution in [0.15, 0.2) is 89.0 Å². The minimum atomic E-state index is -0.384. The third-order valence-electron chi connectivity index (χ3n) is 5.22. The van der Waals surface area contributed by atoms with Gasteiger partial charge >= 0.3 is 0 Å². The van der Waals surface area contributed by atoms with E-state index in [1.807, 2.05) is 30.5 Å². The first-order valence-corrected chi connectivity index (χ1v) is 9.40. The van der Waals surface area contributed by atoms with E-state index in [0.29, 0.717) is 23.8 Å². The second kappa shape index (κ2) is 6.96. The number of allylic oxidation sites excluding steroid dienone is 4. The van der Waals surface area contributed by atoms with E-state index < -0.39 is 0 Å². The summed E-state index contributed by atoms with van der Waals surface area (Å²) >= 11 is 0. The molecule has 2 aliphatic heterocycles. The lowest BCUT2D eigenvalue weighted by molar-refractivity contribution is 0.0540. The van der Waals surface area contributed by atoms with Gasteiger partial charge in [-0.3, -0.25) is 4.79 Å². The molecule has 0 radical (unpaired) electrons. The maximum atomic E-state index is 13.1. The van der Waals surface area contributed by atoms with Gasteiger partial charge in [0.2, 0.25) is 0 Å². The summed E-state index contributed by atoms with van der Waals surface area (Å²) in [6.45, 7) is 1.27. The molecule has 4 heterocycles. The average Bonchev–Trinajstić information content (AvgIpc) is 3.45. The summed E-state index contributed by atoms with van der Waals surface area (Å²) in [5, 5.41) is 0. The molecular formula is C22H20N2O4. The van der Waals surface area contributed by atoms with Crippen molar-refractivity contribution in [3.8, 4) is 0 Å². The van der Waals surface area contributed by atoms with E-state index in [1.54, 1.807) is 29.6 Å². The van der Waals surface area contributed by atoms with E-state index >= 15 is 0 Å². The zero-order valence-corrected chi connectivity index (χ0v) is 15.3. The number of carbonyl (C=O) groups is 1. The molecule has 0 saturated carbocycles. The highest BCUT2D eigenvalue weighted by Crippen LogP contribution is 2.38. The fraction of sp³-hybridized carbons (Fsp3) is 0.227. The van der Waals surface area contributed by atoms with Crippen LogP contribution < -0.4 is 0 Å². The van der Waals surface area contributed by atoms with Crippen molar-refractivity contribution < 1.29 is 18.7 Å². The third kappa shape index (κ3) is 2.87. The Morgan fingerprint density at radius 3 is 2.93 bits per heavy atom. The van der Waals surface area contributed by atoms with Gasteiger partial charge < -0.3 is 23.4 Å². The Kier molecular flexibility index (Phi) is 4.16. The number of rotatable bonds is 3. The van der Waals surface area contributed by atoms with Crippen molar-refractivity contribution in [2.75, 3.05) is 6.54 Å². The summed E-state index contributed by atoms with van der Waals surface area (Å²) in [7, 11) is 0. The number of furan rings is 1. The zero-order valence-electron chi connectivity index (χ0n) is 15.3. The van der Waals surface area contributed by atoms with Crippen molar-refractivity contribution in [2.45, 2.75) is 25.4 Å². The van der Waals surface area contributed by atoms with Gasteiger partial charge in [-0.25, -0.2) is 0 Å². The highest BCUT2D eigenvalue weighted by atomic mass is 16.5. The number of amides is 1. The molecule has 0 saturated heterocycles. The molecule has 0 spiro atoms. The number of carbonyl (C=O) groups excluding carboxylic acids is 1. The number of nitrogens with zero attached hydrogens (tertiary/aromatic N) is 2. The highest BCUT2D eigenvalue weighted by Gasteiger charge is 2.37. The molecule has 5 rings (SSSR count). The Bertz CT molecular complexity index is 1010. The molecule has 0 bridgehead atoms. The molecule has 1 aliphatic carbocycles. The summed E-state index contributed by atoms with van der Waals surface area (Å²) < 4.78 is 19.4. The van der Waals surface area contributed by atoms with Crippen molar-refractivity contribution in [3.05, 3.63) is 96.0 Å². The second-order valence-corrected chi connectivity index (χ2v) is 6.90. The molecule has 2 aromatic rings. The van der Waals surface area contributed by atoms with Crippen molar-refractivity contribution in [3.63, 3.8) is 0 Å². The van der Waals surface area contributed by atoms with E-state index in [4.69, 9.17) is 13.9 Å². The van der Waals surface area contributed by atoms with Gasteiger partial charge in [-0.2, -0.15) is 0 Å². The molecule has 142 valence electrons. The Morgan fingerprint density at radius 2 is 2.11 bits per heavy atom. The first kappa shape index (κ1) is 16.7. The molecule has 0 N–H and O–H groups in total. The molecule has 2 aromatic heterocycles. The third-order valence-corrected chi connectivity index (χ3v) is 5.22. The van der Waals surface area contributed by atoms with Crippen LogP contribution in [-0.2, 0) is 16.0 Å². The molecule has 1 unspecified atom stereocenters. The fourth-order valence-corrected chi connectivity index (χ4v) is 3.85. The van der Waals surface area contributed by atoms with E-state index in [2.05, 4.69) is 10.6 Å². The van der Waals surface area contributed by atoms with Crippen LogP contribution in [0.3, 0.4) is 0 Å². The highest BCUT2D eigenvalue weighted by molar-refractivity contribution is 5.92. The minimum absolute atomic E-state index is 0.164. The lowest BCUT2D eigenvalue weighted by Gasteiger charge is -2.38. The van der Waals surface area contributed by atoms with Crippen LogP contribution in [0, 0.1) is 0 Å². The van der Waals surface area contributed by atoms with Crippen LogP contribution in [0.5, 0.6) is 0 Å². The maximum Gasteiger partial charge on any atom is 0.290 e. The maximum absolute atomic E-state index is 13.1. The molecule has 1 atom stereocenters. The van der Waals surface area contributed by atoms with E-state index in [1.165, 1.54) is 6.26 Å². The summed E-state index contributed by atoms with van der Waals surface area (Å²) in [4.78, 5) is 14.9. The van der Waals surface area contributed by atoms with Gasteiger partial charge in [0.25, 0.3) is 5.91 Å². The lowest BCUT2D eigenvalue weighted by atomic mass is 10.0. The normalized spacial score (nSPS) is 21.1. The predicted molar refractivity (Wildman–Crippen MR) is 102 cm³/mol. The zero-order chi connectivity index (χ0) is 18.9. The number of fused-ring (bicyclic) bond motifs is 1. The Labute approximate surface area is 162 Å². The molecule has 0 aromatic carbocycles. The summed E-state index contributed by atoms with van der Waals surface area (Å²) in [6, 6.07) is 7.02. The Morgan fingerprint density at radius 1 is 1.14 bits per heavy atom. The SMILES string of the molecule is O=C(c1ccco1)N1CCn2cccc2C1C1=COC=C(C2=CC=CCC2)O1. The van der Waals surface area contributed by atoms with Crippen LogP contribution in [0.25, 0.3) is 0 Å². The van der Waals surface area contributed by atoms with Crippen molar-refractivity contribution in [2.24, 2.45) is 0 Å². The van der Waals surface area contributed by atoms with Gasteiger partial charge in [0, 0.05) is 25.0 Å². The van der Waals surface area contributed by atoms with Crippen molar-refractivity contribution in [1.29, 1.82) is 0 Å². The van der Waals surface area contributed by atoms with Gasteiger partial charge in [0.1, 0.15) is 18.6 Å². The monoisotopic (exact) mass is 376 g/mol. The summed E-state index contributed by atoms with van der Waals surface area (Å²) in [5.41, 5.74) is 2.07. The molecule has 6 heteroatoms. The van der Waals surface area contributed by atoms with Gasteiger partial charge in [-0.05, 0) is 42.7 Å². The predicted octanol–water partition coefficient (Wildman–Crippen LogP) is 4.28. The topological polar surface area (TPSA) is 56.8 Å². The number of ether oxygens (including phenoxy) is 2. The standard InChI is InChI=1S/C22H20N2O4/c25-22(18-9-5-13-27-18)24-12-11-23-10-4-8-17(23)21(24)20-15-26-14-19(28-20)16-6-2-1-3-7-16/h1-2,4-6,8-10,13-15,21H,3,7,11-12H2. The molecule has 1 amide bonds. The minimum Gasteiger partial charge on any atom is -0.465 e. The second-order valence-electron chi connectivity index (χ2n) is 6.90. The van der Waals surface area contributed by atoms with Gasteiger partial charge in [0.15, 0.2) is 17.3 Å². The van der Waals surface area contributed by atoms with Crippen LogP contribution in [-0.4, -0.2) is 21.9 Å². The summed E-state index contributed by atoms with van der Waals surface area (Å²) in [5.74, 6) is 1.43. The van der Waals surface area contributed by atoms with Crippen LogP contribution in [0.1, 0.15) is 35.1 Å². The smallest absolute Gasteiger partial charge is 0.290 e. The molecule has 28 heavy (non-hydrogen) atoms.